The Balaban J connectivity index is 1.54. The highest BCUT2D eigenvalue weighted by Gasteiger charge is 2.59. The van der Waals surface area contributed by atoms with Crippen LogP contribution in [0, 0.1) is 17.3 Å². The molecule has 0 saturated heterocycles. The molecule has 2 N–H and O–H groups in total. The van der Waals surface area contributed by atoms with Gasteiger partial charge >= 0.3 is 0 Å². The largest absolute Gasteiger partial charge is 0.309 e. The van der Waals surface area contributed by atoms with E-state index in [1.165, 1.54) is 19.3 Å². The number of carbonyl (C=O) groups is 1. The van der Waals surface area contributed by atoms with E-state index in [-0.39, 0.29) is 21.1 Å². The third kappa shape index (κ3) is 2.65. The topological polar surface area (TPSA) is 57.8 Å². The lowest BCUT2D eigenvalue weighted by Crippen LogP contribution is -2.57. The van der Waals surface area contributed by atoms with Gasteiger partial charge in [0, 0.05) is 21.5 Å². The van der Waals surface area contributed by atoms with Gasteiger partial charge in [-0.15, -0.1) is 0 Å². The van der Waals surface area contributed by atoms with Gasteiger partial charge in [0.25, 0.3) is 0 Å². The van der Waals surface area contributed by atoms with Crippen molar-refractivity contribution in [2.75, 3.05) is 5.32 Å². The number of nitrogens with one attached hydrogen (secondary N) is 2. The van der Waals surface area contributed by atoms with E-state index >= 15 is 0 Å². The number of rotatable bonds is 2. The summed E-state index contributed by atoms with van der Waals surface area (Å²) >= 11 is 3.97. The average Bonchev–Trinajstić information content (AvgIpc) is 2.84. The Hall–Kier alpha value is -0.840. The number of anilines is 1. The molecule has 5 rings (SSSR count). The van der Waals surface area contributed by atoms with Gasteiger partial charge < -0.3 is 5.32 Å². The minimum Gasteiger partial charge on any atom is -0.309 e. The molecule has 126 valence electrons. The normalized spacial score (nSPS) is 38.8. The van der Waals surface area contributed by atoms with E-state index in [1.807, 2.05) is 6.07 Å². The van der Waals surface area contributed by atoms with Crippen molar-refractivity contribution in [2.45, 2.75) is 69.0 Å². The maximum atomic E-state index is 13.1. The monoisotopic (exact) mass is 379 g/mol. The van der Waals surface area contributed by atoms with Gasteiger partial charge in [0.1, 0.15) is 0 Å². The smallest absolute Gasteiger partial charge is 0.231 e. The van der Waals surface area contributed by atoms with Gasteiger partial charge in [0.15, 0.2) is 5.82 Å². The van der Waals surface area contributed by atoms with Crippen LogP contribution in [0.2, 0.25) is 0 Å². The first-order valence-corrected chi connectivity index (χ1v) is 9.53. The Labute approximate surface area is 146 Å². The number of alkyl halides is 1. The molecule has 4 bridgehead atoms. The molecular formula is C18H26BrN3O. The van der Waals surface area contributed by atoms with Crippen LogP contribution in [0.25, 0.3) is 0 Å². The Morgan fingerprint density at radius 1 is 1.30 bits per heavy atom. The van der Waals surface area contributed by atoms with Crippen LogP contribution in [0.3, 0.4) is 0 Å². The van der Waals surface area contributed by atoms with Crippen LogP contribution >= 0.6 is 15.9 Å². The van der Waals surface area contributed by atoms with E-state index in [2.05, 4.69) is 52.2 Å². The molecule has 1 aromatic rings. The van der Waals surface area contributed by atoms with Crippen molar-refractivity contribution in [2.24, 2.45) is 17.3 Å². The number of nitrogens with zero attached hydrogens (tertiary/aromatic N) is 1. The van der Waals surface area contributed by atoms with Crippen LogP contribution in [0.4, 0.5) is 5.82 Å². The predicted octanol–water partition coefficient (Wildman–Crippen LogP) is 4.38. The molecule has 4 fully saturated rings. The number of aromatic nitrogens is 2. The summed E-state index contributed by atoms with van der Waals surface area (Å²) in [6, 6.07) is 1.97. The van der Waals surface area contributed by atoms with Crippen LogP contribution in [-0.4, -0.2) is 20.4 Å². The van der Waals surface area contributed by atoms with Gasteiger partial charge in [0.05, 0.1) is 5.41 Å². The fraction of sp³-hybridized carbons (Fsp3) is 0.778. The van der Waals surface area contributed by atoms with Crippen molar-refractivity contribution in [3.8, 4) is 0 Å². The van der Waals surface area contributed by atoms with Crippen LogP contribution in [0.5, 0.6) is 0 Å². The fourth-order valence-electron chi connectivity index (χ4n) is 5.44. The average molecular weight is 380 g/mol. The maximum absolute atomic E-state index is 13.1. The highest BCUT2D eigenvalue weighted by atomic mass is 79.9. The molecule has 23 heavy (non-hydrogen) atoms. The number of hydrogen-bond acceptors (Lipinski definition) is 2. The molecule has 4 aliphatic rings. The summed E-state index contributed by atoms with van der Waals surface area (Å²) in [6.45, 7) is 6.42. The summed E-state index contributed by atoms with van der Waals surface area (Å²) in [4.78, 5) is 13.1. The van der Waals surface area contributed by atoms with Crippen LogP contribution in [-0.2, 0) is 10.2 Å². The van der Waals surface area contributed by atoms with Crippen LogP contribution in [0.1, 0.15) is 65.0 Å². The SMILES string of the molecule is CC(C)(C)c1cc(NC(=O)C23CC4CC(CC(Br)(C4)C2)C3)n[nH]1. The number of hydrogen-bond donors (Lipinski definition) is 2. The highest BCUT2D eigenvalue weighted by molar-refractivity contribution is 9.10. The van der Waals surface area contributed by atoms with Gasteiger partial charge in [-0.05, 0) is 50.4 Å². The molecule has 1 heterocycles. The Bertz CT molecular complexity index is 631. The van der Waals surface area contributed by atoms with Gasteiger partial charge in [0.2, 0.25) is 5.91 Å². The quantitative estimate of drug-likeness (QED) is 0.748. The van der Waals surface area contributed by atoms with Crippen molar-refractivity contribution in [1.82, 2.24) is 10.2 Å². The molecule has 0 radical (unpaired) electrons. The van der Waals surface area contributed by atoms with Crippen LogP contribution < -0.4 is 5.32 Å². The molecule has 4 nitrogen and oxygen atoms in total. The van der Waals surface area contributed by atoms with Gasteiger partial charge in [-0.2, -0.15) is 5.10 Å². The van der Waals surface area contributed by atoms with E-state index < -0.39 is 0 Å². The highest BCUT2D eigenvalue weighted by Crippen LogP contribution is 2.64. The van der Waals surface area contributed by atoms with Crippen molar-refractivity contribution in [3.63, 3.8) is 0 Å². The molecule has 4 saturated carbocycles. The minimum absolute atomic E-state index is 0.0105. The van der Waals surface area contributed by atoms with Crippen molar-refractivity contribution in [3.05, 3.63) is 11.8 Å². The van der Waals surface area contributed by atoms with E-state index in [0.717, 1.165) is 25.0 Å². The first-order valence-electron chi connectivity index (χ1n) is 8.74. The van der Waals surface area contributed by atoms with Crippen molar-refractivity contribution < 1.29 is 4.79 Å². The molecule has 2 unspecified atom stereocenters. The summed E-state index contributed by atoms with van der Waals surface area (Å²) in [6.07, 6.45) is 6.90. The zero-order valence-corrected chi connectivity index (χ0v) is 15.8. The van der Waals surface area contributed by atoms with Crippen LogP contribution in [0.15, 0.2) is 6.07 Å². The Kier molecular flexibility index (Phi) is 3.30. The first-order chi connectivity index (χ1) is 10.7. The van der Waals surface area contributed by atoms with Gasteiger partial charge in [-0.1, -0.05) is 36.7 Å². The zero-order valence-electron chi connectivity index (χ0n) is 14.2. The van der Waals surface area contributed by atoms with E-state index in [9.17, 15) is 4.79 Å². The van der Waals surface area contributed by atoms with Crippen molar-refractivity contribution in [1.29, 1.82) is 0 Å². The minimum atomic E-state index is -0.186. The number of amides is 1. The second-order valence-corrected chi connectivity index (χ2v) is 10.9. The molecular weight excluding hydrogens is 354 g/mol. The number of H-pyrrole nitrogens is 1. The molecule has 0 spiro atoms. The summed E-state index contributed by atoms with van der Waals surface area (Å²) in [5.41, 5.74) is 0.876. The second kappa shape index (κ2) is 4.84. The van der Waals surface area contributed by atoms with Gasteiger partial charge in [-0.3, -0.25) is 9.89 Å². The summed E-state index contributed by atoms with van der Waals surface area (Å²) < 4.78 is 0.205. The second-order valence-electron chi connectivity index (χ2n) is 9.26. The fourth-order valence-corrected chi connectivity index (χ4v) is 6.89. The lowest BCUT2D eigenvalue weighted by molar-refractivity contribution is -0.138. The predicted molar refractivity (Wildman–Crippen MR) is 94.7 cm³/mol. The Morgan fingerprint density at radius 2 is 1.96 bits per heavy atom. The summed E-state index contributed by atoms with van der Waals surface area (Å²) in [7, 11) is 0. The molecule has 2 atom stereocenters. The molecule has 4 aliphatic carbocycles. The zero-order chi connectivity index (χ0) is 16.5. The lowest BCUT2D eigenvalue weighted by Gasteiger charge is -2.59. The first kappa shape index (κ1) is 15.7. The molecule has 0 aromatic carbocycles. The number of halogens is 1. The van der Waals surface area contributed by atoms with E-state index in [1.54, 1.807) is 0 Å². The molecule has 5 heteroatoms. The lowest BCUT2D eigenvalue weighted by atomic mass is 9.49. The molecule has 0 aliphatic heterocycles. The number of carbonyl (C=O) groups excluding carboxylic acids is 1. The Morgan fingerprint density at radius 3 is 2.48 bits per heavy atom. The van der Waals surface area contributed by atoms with Gasteiger partial charge in [-0.25, -0.2) is 0 Å². The summed E-state index contributed by atoms with van der Waals surface area (Å²) in [5, 5.41) is 10.5. The van der Waals surface area contributed by atoms with E-state index in [4.69, 9.17) is 0 Å². The molecule has 1 amide bonds. The third-order valence-electron chi connectivity index (χ3n) is 6.10. The maximum Gasteiger partial charge on any atom is 0.231 e. The third-order valence-corrected chi connectivity index (χ3v) is 7.03. The summed E-state index contributed by atoms with van der Waals surface area (Å²) in [5.74, 6) is 2.28. The van der Waals surface area contributed by atoms with Crippen molar-refractivity contribution >= 4 is 27.7 Å². The van der Waals surface area contributed by atoms with E-state index in [0.29, 0.717) is 17.7 Å². The number of aromatic amines is 1. The molecule has 1 aromatic heterocycles. The standard InChI is InChI=1S/C18H26BrN3O/c1-16(2,3)13-5-14(22-21-13)20-15(23)17-6-11-4-12(7-17)9-18(19,8-11)10-17/h5,11-12H,4,6-10H2,1-3H3,(H2,20,21,22,23).